The molecule has 148 valence electrons. The molecule has 0 saturated heterocycles. The smallest absolute Gasteiger partial charge is 0.487 e. The minimum atomic E-state index is -5.33. The van der Waals surface area contributed by atoms with Gasteiger partial charge in [0.05, 0.1) is 11.2 Å². The number of hydrogen-bond donors (Lipinski definition) is 1. The molecule has 28 heavy (non-hydrogen) atoms. The molecular weight excluding hydrogens is 393 g/mol. The summed E-state index contributed by atoms with van der Waals surface area (Å²) >= 11 is 0. The van der Waals surface area contributed by atoms with Gasteiger partial charge in [-0.1, -0.05) is 36.4 Å². The zero-order chi connectivity index (χ0) is 20.2. The number of alkyl halides is 3. The van der Waals surface area contributed by atoms with Crippen molar-refractivity contribution in [3.05, 3.63) is 71.9 Å². The summed E-state index contributed by atoms with van der Waals surface area (Å²) < 4.78 is 66.1. The van der Waals surface area contributed by atoms with Gasteiger partial charge in [0.15, 0.2) is 0 Å². The lowest BCUT2D eigenvalue weighted by Gasteiger charge is -2.10. The maximum absolute atomic E-state index is 12.3. The third kappa shape index (κ3) is 4.99. The highest BCUT2D eigenvalue weighted by Gasteiger charge is 2.45. The number of para-hydroxylation sites is 1. The molecular formula is C19H17F3N2O3S. The summed E-state index contributed by atoms with van der Waals surface area (Å²) in [7, 11) is -5.33. The van der Waals surface area contributed by atoms with Gasteiger partial charge in [-0.25, -0.2) is 18.1 Å². The molecule has 1 heterocycles. The van der Waals surface area contributed by atoms with Crippen LogP contribution < -0.4 is 9.46 Å². The molecule has 9 heteroatoms. The van der Waals surface area contributed by atoms with Gasteiger partial charge in [-0.05, 0) is 36.2 Å². The lowest BCUT2D eigenvalue weighted by Crippen LogP contribution is -2.37. The Bertz CT molecular complexity index is 1070. The number of pyridine rings is 1. The highest BCUT2D eigenvalue weighted by atomic mass is 32.2. The number of hydrogen-bond acceptors (Lipinski definition) is 4. The van der Waals surface area contributed by atoms with Crippen LogP contribution in [0.15, 0.2) is 60.7 Å². The van der Waals surface area contributed by atoms with Gasteiger partial charge in [-0.15, -0.1) is 0 Å². The molecule has 1 aromatic heterocycles. The van der Waals surface area contributed by atoms with E-state index in [0.29, 0.717) is 11.3 Å². The summed E-state index contributed by atoms with van der Waals surface area (Å²) in [4.78, 5) is 4.50. The first-order chi connectivity index (χ1) is 13.2. The van der Waals surface area contributed by atoms with Crippen LogP contribution in [0.1, 0.15) is 11.3 Å². The highest BCUT2D eigenvalue weighted by molar-refractivity contribution is 7.90. The van der Waals surface area contributed by atoms with E-state index in [-0.39, 0.29) is 19.6 Å². The molecule has 0 unspecified atom stereocenters. The molecule has 0 spiro atoms. The van der Waals surface area contributed by atoms with Crippen molar-refractivity contribution in [3.8, 4) is 5.75 Å². The molecule has 0 aliphatic heterocycles. The van der Waals surface area contributed by atoms with E-state index in [0.717, 1.165) is 16.6 Å². The van der Waals surface area contributed by atoms with Crippen molar-refractivity contribution in [1.29, 1.82) is 0 Å². The Kier molecular flexibility index (Phi) is 5.85. The first-order valence-electron chi connectivity index (χ1n) is 8.37. The van der Waals surface area contributed by atoms with Crippen molar-refractivity contribution in [1.82, 2.24) is 9.71 Å². The van der Waals surface area contributed by atoms with Gasteiger partial charge in [0.2, 0.25) is 0 Å². The Hall–Kier alpha value is -2.65. The number of nitrogens with zero attached hydrogens (tertiary/aromatic N) is 1. The topological polar surface area (TPSA) is 68.3 Å². The van der Waals surface area contributed by atoms with Crippen LogP contribution in [0.3, 0.4) is 0 Å². The molecule has 0 radical (unpaired) electrons. The summed E-state index contributed by atoms with van der Waals surface area (Å²) in [5, 5.41) is 1.02. The van der Waals surface area contributed by atoms with Crippen LogP contribution >= 0.6 is 0 Å². The third-order valence-electron chi connectivity index (χ3n) is 3.95. The number of halogens is 3. The summed E-state index contributed by atoms with van der Waals surface area (Å²) in [5.74, 6) is 0.520. The monoisotopic (exact) mass is 410 g/mol. The zero-order valence-electron chi connectivity index (χ0n) is 14.6. The molecule has 3 rings (SSSR count). The Labute approximate surface area is 160 Å². The predicted octanol–water partition coefficient (Wildman–Crippen LogP) is 3.80. The molecule has 2 aromatic carbocycles. The Morgan fingerprint density at radius 3 is 2.57 bits per heavy atom. The van der Waals surface area contributed by atoms with Crippen molar-refractivity contribution in [2.24, 2.45) is 0 Å². The molecule has 0 aliphatic rings. The fourth-order valence-corrected chi connectivity index (χ4v) is 3.08. The van der Waals surface area contributed by atoms with E-state index in [1.807, 2.05) is 36.4 Å². The van der Waals surface area contributed by atoms with Crippen LogP contribution in [0.2, 0.25) is 0 Å². The van der Waals surface area contributed by atoms with Gasteiger partial charge in [-0.2, -0.15) is 13.2 Å². The first kappa shape index (κ1) is 20.1. The fourth-order valence-electron chi connectivity index (χ4n) is 2.55. The van der Waals surface area contributed by atoms with E-state index in [9.17, 15) is 21.6 Å². The average Bonchev–Trinajstić information content (AvgIpc) is 2.65. The van der Waals surface area contributed by atoms with Crippen molar-refractivity contribution in [2.75, 3.05) is 6.54 Å². The van der Waals surface area contributed by atoms with Crippen molar-refractivity contribution in [3.63, 3.8) is 0 Å². The lowest BCUT2D eigenvalue weighted by atomic mass is 10.1. The number of sulfonamides is 1. The van der Waals surface area contributed by atoms with E-state index in [4.69, 9.17) is 4.74 Å². The van der Waals surface area contributed by atoms with Gasteiger partial charge in [0.25, 0.3) is 0 Å². The third-order valence-corrected chi connectivity index (χ3v) is 5.15. The van der Waals surface area contributed by atoms with Crippen LogP contribution in [0.25, 0.3) is 10.9 Å². The van der Waals surface area contributed by atoms with Crippen molar-refractivity contribution in [2.45, 2.75) is 18.5 Å². The predicted molar refractivity (Wildman–Crippen MR) is 99.2 cm³/mol. The standard InChI is InChI=1S/C19H17F3N2O3S/c20-19(21,22)28(25,26)23-11-10-14-4-3-6-17(12-14)27-13-16-9-8-15-5-1-2-7-18(15)24-16/h1-9,12,23H,10-11,13H2. The second-order valence-electron chi connectivity index (χ2n) is 6.02. The van der Waals surface area contributed by atoms with E-state index in [1.54, 1.807) is 24.3 Å². The number of aromatic nitrogens is 1. The second-order valence-corrected chi connectivity index (χ2v) is 7.78. The van der Waals surface area contributed by atoms with Crippen LogP contribution in [0.4, 0.5) is 13.2 Å². The number of nitrogens with one attached hydrogen (secondary N) is 1. The SMILES string of the molecule is O=S(=O)(NCCc1cccc(OCc2ccc3ccccc3n2)c1)C(F)(F)F. The van der Waals surface area contributed by atoms with E-state index < -0.39 is 15.5 Å². The fraction of sp³-hybridized carbons (Fsp3) is 0.211. The zero-order valence-corrected chi connectivity index (χ0v) is 15.4. The highest BCUT2D eigenvalue weighted by Crippen LogP contribution is 2.22. The van der Waals surface area contributed by atoms with Crippen molar-refractivity contribution < 1.29 is 26.3 Å². The van der Waals surface area contributed by atoms with Gasteiger partial charge in [0.1, 0.15) is 12.4 Å². The maximum atomic E-state index is 12.3. The Morgan fingerprint density at radius 2 is 1.79 bits per heavy atom. The van der Waals surface area contributed by atoms with E-state index in [1.165, 1.54) is 4.72 Å². The second kappa shape index (κ2) is 8.15. The molecule has 5 nitrogen and oxygen atoms in total. The summed E-state index contributed by atoms with van der Waals surface area (Å²) in [5.41, 5.74) is -3.07. The quantitative estimate of drug-likeness (QED) is 0.644. The van der Waals surface area contributed by atoms with Crippen LogP contribution in [-0.4, -0.2) is 25.5 Å². The molecule has 0 atom stereocenters. The molecule has 0 bridgehead atoms. The van der Waals surface area contributed by atoms with E-state index in [2.05, 4.69) is 4.98 Å². The van der Waals surface area contributed by atoms with Crippen molar-refractivity contribution >= 4 is 20.9 Å². The average molecular weight is 410 g/mol. The number of ether oxygens (including phenoxy) is 1. The maximum Gasteiger partial charge on any atom is 0.511 e. The van der Waals surface area contributed by atoms with Gasteiger partial charge >= 0.3 is 15.5 Å². The molecule has 3 aromatic rings. The summed E-state index contributed by atoms with van der Waals surface area (Å²) in [6.45, 7) is -0.132. The number of benzene rings is 2. The molecule has 0 fully saturated rings. The number of fused-ring (bicyclic) bond motifs is 1. The minimum Gasteiger partial charge on any atom is -0.487 e. The largest absolute Gasteiger partial charge is 0.511 e. The minimum absolute atomic E-state index is 0.0980. The molecule has 0 amide bonds. The molecule has 0 saturated carbocycles. The van der Waals surface area contributed by atoms with Crippen LogP contribution in [0, 0.1) is 0 Å². The number of rotatable bonds is 7. The summed E-state index contributed by atoms with van der Waals surface area (Å²) in [6, 6.07) is 18.2. The Morgan fingerprint density at radius 1 is 1.00 bits per heavy atom. The lowest BCUT2D eigenvalue weighted by molar-refractivity contribution is -0.0447. The van der Waals surface area contributed by atoms with Crippen LogP contribution in [-0.2, 0) is 23.1 Å². The normalized spacial score (nSPS) is 12.2. The van der Waals surface area contributed by atoms with E-state index >= 15 is 0 Å². The first-order valence-corrected chi connectivity index (χ1v) is 9.85. The van der Waals surface area contributed by atoms with Gasteiger partial charge in [-0.3, -0.25) is 0 Å². The van der Waals surface area contributed by atoms with Crippen LogP contribution in [0.5, 0.6) is 5.75 Å². The summed E-state index contributed by atoms with van der Waals surface area (Å²) in [6.07, 6.45) is 0.0980. The molecule has 1 N–H and O–H groups in total. The van der Waals surface area contributed by atoms with Gasteiger partial charge in [0, 0.05) is 11.9 Å². The molecule has 0 aliphatic carbocycles. The van der Waals surface area contributed by atoms with Gasteiger partial charge < -0.3 is 4.74 Å². The Balaban J connectivity index is 1.58.